The zero-order valence-corrected chi connectivity index (χ0v) is 9.23. The van der Waals surface area contributed by atoms with Crippen LogP contribution in [-0.4, -0.2) is 61.7 Å². The molecule has 0 spiro atoms. The highest BCUT2D eigenvalue weighted by atomic mass is 16.4. The standard InChI is InChI=1S/C10H20N2O2/c1-11(2)7-9(10(13)14)8-4-5-12(3)6-8/h8-9H,4-7H2,1-3H3,(H,13,14). The van der Waals surface area contributed by atoms with Gasteiger partial charge in [0.1, 0.15) is 0 Å². The van der Waals surface area contributed by atoms with Crippen LogP contribution in [0.5, 0.6) is 0 Å². The van der Waals surface area contributed by atoms with Crippen LogP contribution in [0, 0.1) is 11.8 Å². The number of carbonyl (C=O) groups is 1. The fourth-order valence-corrected chi connectivity index (χ4v) is 2.12. The molecule has 0 saturated carbocycles. The SMILES string of the molecule is CN(C)CC(C(=O)O)C1CCN(C)C1. The number of hydrogen-bond acceptors (Lipinski definition) is 3. The molecular weight excluding hydrogens is 180 g/mol. The van der Waals surface area contributed by atoms with E-state index in [1.165, 1.54) is 0 Å². The number of nitrogens with zero attached hydrogens (tertiary/aromatic N) is 2. The van der Waals surface area contributed by atoms with Gasteiger partial charge < -0.3 is 14.9 Å². The largest absolute Gasteiger partial charge is 0.481 e. The Balaban J connectivity index is 2.54. The zero-order valence-electron chi connectivity index (χ0n) is 9.23. The normalized spacial score (nSPS) is 25.6. The quantitative estimate of drug-likeness (QED) is 0.704. The van der Waals surface area contributed by atoms with Gasteiger partial charge in [-0.25, -0.2) is 0 Å². The molecule has 14 heavy (non-hydrogen) atoms. The summed E-state index contributed by atoms with van der Waals surface area (Å²) in [6.07, 6.45) is 1.02. The Morgan fingerprint density at radius 1 is 1.64 bits per heavy atom. The fraction of sp³-hybridized carbons (Fsp3) is 0.900. The number of likely N-dealkylation sites (tertiary alicyclic amines) is 1. The number of carboxylic acid groups (broad SMARTS) is 1. The molecule has 4 heteroatoms. The van der Waals surface area contributed by atoms with Gasteiger partial charge in [-0.05, 0) is 40.0 Å². The summed E-state index contributed by atoms with van der Waals surface area (Å²) in [5.41, 5.74) is 0. The second-order valence-electron chi connectivity index (χ2n) is 4.52. The molecular formula is C10H20N2O2. The molecule has 2 atom stereocenters. The Bertz CT molecular complexity index is 206. The number of hydrogen-bond donors (Lipinski definition) is 1. The Morgan fingerprint density at radius 2 is 2.29 bits per heavy atom. The van der Waals surface area contributed by atoms with Gasteiger partial charge in [0.25, 0.3) is 0 Å². The molecule has 0 aromatic heterocycles. The molecule has 0 radical (unpaired) electrons. The topological polar surface area (TPSA) is 43.8 Å². The highest BCUT2D eigenvalue weighted by Gasteiger charge is 2.32. The van der Waals surface area contributed by atoms with E-state index in [-0.39, 0.29) is 5.92 Å². The van der Waals surface area contributed by atoms with Crippen LogP contribution in [0.3, 0.4) is 0 Å². The van der Waals surface area contributed by atoms with Gasteiger partial charge in [0.15, 0.2) is 0 Å². The van der Waals surface area contributed by atoms with Gasteiger partial charge in [0, 0.05) is 13.1 Å². The average molecular weight is 200 g/mol. The maximum Gasteiger partial charge on any atom is 0.308 e. The summed E-state index contributed by atoms with van der Waals surface area (Å²) in [7, 11) is 5.90. The van der Waals surface area contributed by atoms with Gasteiger partial charge in [-0.2, -0.15) is 0 Å². The van der Waals surface area contributed by atoms with Crippen molar-refractivity contribution < 1.29 is 9.90 Å². The van der Waals surface area contributed by atoms with Crippen LogP contribution >= 0.6 is 0 Å². The Morgan fingerprint density at radius 3 is 2.64 bits per heavy atom. The molecule has 0 aromatic carbocycles. The minimum absolute atomic E-state index is 0.213. The summed E-state index contributed by atoms with van der Waals surface area (Å²) in [4.78, 5) is 15.2. The van der Waals surface area contributed by atoms with Crippen LogP contribution in [0.15, 0.2) is 0 Å². The predicted molar refractivity (Wildman–Crippen MR) is 55.3 cm³/mol. The summed E-state index contributed by atoms with van der Waals surface area (Å²) in [5.74, 6) is -0.547. The predicted octanol–water partition coefficient (Wildman–Crippen LogP) is 0.201. The third-order valence-electron chi connectivity index (χ3n) is 2.88. The average Bonchev–Trinajstić information content (AvgIpc) is 2.46. The molecule has 2 unspecified atom stereocenters. The van der Waals surface area contributed by atoms with Crippen LogP contribution in [0.25, 0.3) is 0 Å². The van der Waals surface area contributed by atoms with E-state index < -0.39 is 5.97 Å². The lowest BCUT2D eigenvalue weighted by Crippen LogP contribution is -2.34. The van der Waals surface area contributed by atoms with Crippen LogP contribution in [0.4, 0.5) is 0 Å². The smallest absolute Gasteiger partial charge is 0.308 e. The van der Waals surface area contributed by atoms with Gasteiger partial charge in [-0.3, -0.25) is 4.79 Å². The van der Waals surface area contributed by atoms with Crippen LogP contribution < -0.4 is 0 Å². The van der Waals surface area contributed by atoms with Crippen molar-refractivity contribution in [2.45, 2.75) is 6.42 Å². The first-order valence-corrected chi connectivity index (χ1v) is 5.06. The lowest BCUT2D eigenvalue weighted by molar-refractivity contribution is -0.144. The second-order valence-corrected chi connectivity index (χ2v) is 4.52. The van der Waals surface area contributed by atoms with E-state index in [2.05, 4.69) is 11.9 Å². The first-order chi connectivity index (χ1) is 6.50. The summed E-state index contributed by atoms with van der Waals surface area (Å²) >= 11 is 0. The first kappa shape index (κ1) is 11.5. The molecule has 1 aliphatic rings. The third kappa shape index (κ3) is 2.96. The number of rotatable bonds is 4. The molecule has 0 aromatic rings. The number of aliphatic carboxylic acids is 1. The molecule has 1 N–H and O–H groups in total. The summed E-state index contributed by atoms with van der Waals surface area (Å²) < 4.78 is 0. The summed E-state index contributed by atoms with van der Waals surface area (Å²) in [6.45, 7) is 2.60. The Hall–Kier alpha value is -0.610. The lowest BCUT2D eigenvalue weighted by atomic mass is 9.91. The minimum atomic E-state index is -0.654. The van der Waals surface area contributed by atoms with Crippen molar-refractivity contribution >= 4 is 5.97 Å². The molecule has 1 saturated heterocycles. The van der Waals surface area contributed by atoms with Crippen molar-refractivity contribution in [3.05, 3.63) is 0 Å². The van der Waals surface area contributed by atoms with Crippen LogP contribution in [0.1, 0.15) is 6.42 Å². The van der Waals surface area contributed by atoms with Crippen molar-refractivity contribution in [3.8, 4) is 0 Å². The van der Waals surface area contributed by atoms with Crippen molar-refractivity contribution in [1.29, 1.82) is 0 Å². The lowest BCUT2D eigenvalue weighted by Gasteiger charge is -2.22. The Kier molecular flexibility index (Phi) is 3.89. The van der Waals surface area contributed by atoms with Crippen LogP contribution in [0.2, 0.25) is 0 Å². The monoisotopic (exact) mass is 200 g/mol. The van der Waals surface area contributed by atoms with Gasteiger partial charge in [0.05, 0.1) is 5.92 Å². The van der Waals surface area contributed by atoms with Crippen LogP contribution in [-0.2, 0) is 4.79 Å². The summed E-state index contributed by atoms with van der Waals surface area (Å²) in [5, 5.41) is 9.12. The van der Waals surface area contributed by atoms with Gasteiger partial charge in [-0.15, -0.1) is 0 Å². The van der Waals surface area contributed by atoms with E-state index in [0.717, 1.165) is 19.5 Å². The summed E-state index contributed by atoms with van der Waals surface area (Å²) in [6, 6.07) is 0. The van der Waals surface area contributed by atoms with Gasteiger partial charge in [-0.1, -0.05) is 0 Å². The fourth-order valence-electron chi connectivity index (χ4n) is 2.12. The molecule has 1 fully saturated rings. The molecule has 1 heterocycles. The maximum atomic E-state index is 11.1. The van der Waals surface area contributed by atoms with E-state index in [1.807, 2.05) is 19.0 Å². The maximum absolute atomic E-state index is 11.1. The minimum Gasteiger partial charge on any atom is -0.481 e. The van der Waals surface area contributed by atoms with Gasteiger partial charge >= 0.3 is 5.97 Å². The van der Waals surface area contributed by atoms with Gasteiger partial charge in [0.2, 0.25) is 0 Å². The number of carboxylic acids is 1. The van der Waals surface area contributed by atoms with Crippen molar-refractivity contribution in [2.24, 2.45) is 11.8 Å². The highest BCUT2D eigenvalue weighted by molar-refractivity contribution is 5.70. The molecule has 4 nitrogen and oxygen atoms in total. The van der Waals surface area contributed by atoms with E-state index in [9.17, 15) is 4.79 Å². The third-order valence-corrected chi connectivity index (χ3v) is 2.88. The van der Waals surface area contributed by atoms with Crippen molar-refractivity contribution in [2.75, 3.05) is 40.8 Å². The first-order valence-electron chi connectivity index (χ1n) is 5.06. The molecule has 0 aliphatic carbocycles. The van der Waals surface area contributed by atoms with E-state index in [4.69, 9.17) is 5.11 Å². The zero-order chi connectivity index (χ0) is 10.7. The van der Waals surface area contributed by atoms with Crippen molar-refractivity contribution in [3.63, 3.8) is 0 Å². The molecule has 82 valence electrons. The molecule has 0 bridgehead atoms. The van der Waals surface area contributed by atoms with E-state index in [0.29, 0.717) is 12.5 Å². The molecule has 1 rings (SSSR count). The Labute approximate surface area is 85.5 Å². The van der Waals surface area contributed by atoms with E-state index in [1.54, 1.807) is 0 Å². The molecule has 0 amide bonds. The van der Waals surface area contributed by atoms with E-state index >= 15 is 0 Å². The van der Waals surface area contributed by atoms with Crippen molar-refractivity contribution in [1.82, 2.24) is 9.80 Å². The molecule has 1 aliphatic heterocycles. The highest BCUT2D eigenvalue weighted by Crippen LogP contribution is 2.23. The second kappa shape index (κ2) is 4.75.